The second-order valence-electron chi connectivity index (χ2n) is 4.82. The van der Waals surface area contributed by atoms with Gasteiger partial charge in [-0.25, -0.2) is 4.98 Å². The first kappa shape index (κ1) is 13.8. The van der Waals surface area contributed by atoms with Crippen molar-refractivity contribution in [3.8, 4) is 5.82 Å². The molecule has 0 amide bonds. The predicted octanol–water partition coefficient (Wildman–Crippen LogP) is 3.53. The zero-order valence-corrected chi connectivity index (χ0v) is 12.4. The lowest BCUT2D eigenvalue weighted by Crippen LogP contribution is -2.06. The van der Waals surface area contributed by atoms with Crippen LogP contribution in [0.5, 0.6) is 0 Å². The number of nitrogens with zero attached hydrogens (tertiary/aromatic N) is 2. The van der Waals surface area contributed by atoms with Crippen LogP contribution in [-0.4, -0.2) is 21.2 Å². The number of aromatic nitrogens is 2. The van der Waals surface area contributed by atoms with E-state index in [1.807, 2.05) is 50.5 Å². The Labute approximate surface area is 118 Å². The largest absolute Gasteiger partial charge is 0.302 e. The van der Waals surface area contributed by atoms with Gasteiger partial charge in [-0.1, -0.05) is 0 Å². The maximum atomic E-state index is 11.8. The van der Waals surface area contributed by atoms with Gasteiger partial charge < -0.3 is 4.57 Å². The Bertz CT molecular complexity index is 624. The van der Waals surface area contributed by atoms with E-state index in [1.165, 1.54) is 0 Å². The number of Topliss-reactive ketones (excluding diaryl/α,β-unsaturated/α-hetero) is 1. The smallest absolute Gasteiger partial charge is 0.179 e. The van der Waals surface area contributed by atoms with Gasteiger partial charge in [-0.3, -0.25) is 4.79 Å². The quantitative estimate of drug-likeness (QED) is 0.635. The first-order valence-corrected chi connectivity index (χ1v) is 6.71. The van der Waals surface area contributed by atoms with Gasteiger partial charge in [0.1, 0.15) is 5.82 Å². The number of carbonyl (C=O) groups excluding carboxylic acids is 1. The number of aryl methyl sites for hydroxylation is 3. The molecule has 0 bridgehead atoms. The van der Waals surface area contributed by atoms with E-state index in [-0.39, 0.29) is 11.7 Å². The third-order valence-corrected chi connectivity index (χ3v) is 3.41. The number of hydrogen-bond donors (Lipinski definition) is 0. The second kappa shape index (κ2) is 5.17. The molecule has 2 aromatic heterocycles. The van der Waals surface area contributed by atoms with Gasteiger partial charge in [-0.05, 0) is 51.5 Å². The van der Waals surface area contributed by atoms with Crippen LogP contribution >= 0.6 is 11.6 Å². The number of pyridine rings is 1. The van der Waals surface area contributed by atoms with E-state index in [9.17, 15) is 4.79 Å². The minimum atomic E-state index is -0.0506. The molecule has 0 saturated heterocycles. The molecule has 0 N–H and O–H groups in total. The number of alkyl halides is 1. The molecule has 0 aliphatic rings. The number of hydrogen-bond acceptors (Lipinski definition) is 2. The molecule has 2 aromatic rings. The lowest BCUT2D eigenvalue weighted by molar-refractivity contribution is 0.102. The molecule has 4 heteroatoms. The second-order valence-corrected chi connectivity index (χ2v) is 5.09. The average molecular weight is 277 g/mol. The SMILES string of the molecule is Cc1cc(C)nc(-n2c(C)cc(C(=O)CCl)c2C)c1. The van der Waals surface area contributed by atoms with Gasteiger partial charge in [0.05, 0.1) is 5.88 Å². The summed E-state index contributed by atoms with van der Waals surface area (Å²) < 4.78 is 2.00. The lowest BCUT2D eigenvalue weighted by Gasteiger charge is -2.10. The van der Waals surface area contributed by atoms with Crippen molar-refractivity contribution in [2.45, 2.75) is 27.7 Å². The average Bonchev–Trinajstić information content (AvgIpc) is 2.62. The Morgan fingerprint density at radius 2 is 1.89 bits per heavy atom. The van der Waals surface area contributed by atoms with Gasteiger partial charge in [0, 0.05) is 22.6 Å². The zero-order chi connectivity index (χ0) is 14.2. The van der Waals surface area contributed by atoms with Crippen LogP contribution in [0.15, 0.2) is 18.2 Å². The van der Waals surface area contributed by atoms with Gasteiger partial charge in [0.25, 0.3) is 0 Å². The predicted molar refractivity (Wildman–Crippen MR) is 77.6 cm³/mol. The Morgan fingerprint density at radius 3 is 2.47 bits per heavy atom. The third kappa shape index (κ3) is 2.56. The van der Waals surface area contributed by atoms with E-state index in [4.69, 9.17) is 11.6 Å². The standard InChI is InChI=1S/C15H17ClN2O/c1-9-5-10(2)17-15(6-9)18-11(3)7-13(12(18)4)14(19)8-16/h5-7H,8H2,1-4H3. The molecule has 0 aliphatic carbocycles. The molecule has 0 saturated carbocycles. The molecule has 0 fully saturated rings. The van der Waals surface area contributed by atoms with E-state index in [0.29, 0.717) is 5.56 Å². The molecule has 0 unspecified atom stereocenters. The summed E-state index contributed by atoms with van der Waals surface area (Å²) in [5.41, 5.74) is 4.67. The monoisotopic (exact) mass is 276 g/mol. The Morgan fingerprint density at radius 1 is 1.21 bits per heavy atom. The summed E-state index contributed by atoms with van der Waals surface area (Å²) in [6.45, 7) is 7.90. The highest BCUT2D eigenvalue weighted by atomic mass is 35.5. The van der Waals surface area contributed by atoms with Crippen LogP contribution in [-0.2, 0) is 0 Å². The van der Waals surface area contributed by atoms with Crippen molar-refractivity contribution >= 4 is 17.4 Å². The van der Waals surface area contributed by atoms with Gasteiger partial charge in [0.2, 0.25) is 0 Å². The summed E-state index contributed by atoms with van der Waals surface area (Å²) in [6, 6.07) is 5.92. The van der Waals surface area contributed by atoms with Gasteiger partial charge in [-0.2, -0.15) is 0 Å². The fraction of sp³-hybridized carbons (Fsp3) is 0.333. The normalized spacial score (nSPS) is 10.8. The number of carbonyl (C=O) groups is 1. The molecule has 0 radical (unpaired) electrons. The highest BCUT2D eigenvalue weighted by Crippen LogP contribution is 2.21. The van der Waals surface area contributed by atoms with Crippen molar-refractivity contribution in [3.63, 3.8) is 0 Å². The maximum Gasteiger partial charge on any atom is 0.179 e. The molecule has 0 atom stereocenters. The molecule has 100 valence electrons. The molecule has 2 heterocycles. The van der Waals surface area contributed by atoms with Crippen molar-refractivity contribution in [1.82, 2.24) is 9.55 Å². The summed E-state index contributed by atoms with van der Waals surface area (Å²) in [5.74, 6) is 0.802. The molecule has 0 aliphatic heterocycles. The van der Waals surface area contributed by atoms with Crippen LogP contribution in [0.2, 0.25) is 0 Å². The Hall–Kier alpha value is -1.61. The van der Waals surface area contributed by atoms with Crippen LogP contribution < -0.4 is 0 Å². The molecular formula is C15H17ClN2O. The van der Waals surface area contributed by atoms with Gasteiger partial charge >= 0.3 is 0 Å². The highest BCUT2D eigenvalue weighted by molar-refractivity contribution is 6.30. The van der Waals surface area contributed by atoms with E-state index in [1.54, 1.807) is 0 Å². The van der Waals surface area contributed by atoms with E-state index in [0.717, 1.165) is 28.5 Å². The molecule has 0 aromatic carbocycles. The number of rotatable bonds is 3. The van der Waals surface area contributed by atoms with Crippen molar-refractivity contribution in [2.24, 2.45) is 0 Å². The fourth-order valence-corrected chi connectivity index (χ4v) is 2.55. The van der Waals surface area contributed by atoms with Gasteiger partial charge in [0.15, 0.2) is 5.78 Å². The highest BCUT2D eigenvalue weighted by Gasteiger charge is 2.16. The summed E-state index contributed by atoms with van der Waals surface area (Å²) >= 11 is 5.64. The first-order valence-electron chi connectivity index (χ1n) is 6.18. The minimum absolute atomic E-state index is 0.00453. The van der Waals surface area contributed by atoms with Crippen molar-refractivity contribution in [2.75, 3.05) is 5.88 Å². The lowest BCUT2D eigenvalue weighted by atomic mass is 10.2. The summed E-state index contributed by atoms with van der Waals surface area (Å²) in [5, 5.41) is 0. The molecule has 3 nitrogen and oxygen atoms in total. The maximum absolute atomic E-state index is 11.8. The van der Waals surface area contributed by atoms with Crippen LogP contribution in [0.1, 0.15) is 33.0 Å². The molecule has 0 spiro atoms. The van der Waals surface area contributed by atoms with E-state index < -0.39 is 0 Å². The number of halogens is 1. The fourth-order valence-electron chi connectivity index (χ4n) is 2.40. The van der Waals surface area contributed by atoms with Crippen LogP contribution in [0.4, 0.5) is 0 Å². The topological polar surface area (TPSA) is 34.9 Å². The molecule has 2 rings (SSSR count). The van der Waals surface area contributed by atoms with E-state index >= 15 is 0 Å². The van der Waals surface area contributed by atoms with Gasteiger partial charge in [-0.15, -0.1) is 11.6 Å². The zero-order valence-electron chi connectivity index (χ0n) is 11.6. The van der Waals surface area contributed by atoms with Crippen molar-refractivity contribution in [3.05, 3.63) is 46.4 Å². The Kier molecular flexibility index (Phi) is 3.76. The molecular weight excluding hydrogens is 260 g/mol. The summed E-state index contributed by atoms with van der Waals surface area (Å²) in [7, 11) is 0. The summed E-state index contributed by atoms with van der Waals surface area (Å²) in [6.07, 6.45) is 0. The third-order valence-electron chi connectivity index (χ3n) is 3.17. The first-order chi connectivity index (χ1) is 8.93. The minimum Gasteiger partial charge on any atom is -0.302 e. The van der Waals surface area contributed by atoms with Crippen molar-refractivity contribution < 1.29 is 4.79 Å². The van der Waals surface area contributed by atoms with Crippen molar-refractivity contribution in [1.29, 1.82) is 0 Å². The number of ketones is 1. The van der Waals surface area contributed by atoms with Crippen LogP contribution in [0.3, 0.4) is 0 Å². The Balaban J connectivity index is 2.62. The molecule has 19 heavy (non-hydrogen) atoms. The van der Waals surface area contributed by atoms with E-state index in [2.05, 4.69) is 4.98 Å². The van der Waals surface area contributed by atoms with Crippen LogP contribution in [0.25, 0.3) is 5.82 Å². The summed E-state index contributed by atoms with van der Waals surface area (Å²) in [4.78, 5) is 16.3. The van der Waals surface area contributed by atoms with Crippen LogP contribution in [0, 0.1) is 27.7 Å².